The molecule has 0 atom stereocenters. The SMILES string of the molecule is C=Cc1ccc2c(c1)OCCOCCOCCOCCO2. The Morgan fingerprint density at radius 2 is 1.24 bits per heavy atom. The average molecular weight is 294 g/mol. The van der Waals surface area contributed by atoms with Crippen LogP contribution in [0.15, 0.2) is 24.8 Å². The fraction of sp³-hybridized carbons (Fsp3) is 0.500. The highest BCUT2D eigenvalue weighted by Gasteiger charge is 2.06. The Labute approximate surface area is 125 Å². The standard InChI is InChI=1S/C16H22O5/c1-2-14-3-4-15-16(13-14)21-12-10-19-8-6-17-5-7-18-9-11-20-15/h2-4,13H,1,5-12H2. The molecule has 0 aliphatic carbocycles. The monoisotopic (exact) mass is 294 g/mol. The van der Waals surface area contributed by atoms with Crippen LogP contribution in [0, 0.1) is 0 Å². The van der Waals surface area contributed by atoms with Gasteiger partial charge in [0.05, 0.1) is 39.6 Å². The Hall–Kier alpha value is -1.56. The highest BCUT2D eigenvalue weighted by atomic mass is 16.6. The van der Waals surface area contributed by atoms with Crippen molar-refractivity contribution in [2.45, 2.75) is 0 Å². The molecule has 21 heavy (non-hydrogen) atoms. The first kappa shape index (κ1) is 15.8. The molecular formula is C16H22O5. The van der Waals surface area contributed by atoms with Crippen molar-refractivity contribution in [3.05, 3.63) is 30.3 Å². The number of hydrogen-bond donors (Lipinski definition) is 0. The van der Waals surface area contributed by atoms with Crippen molar-refractivity contribution < 1.29 is 23.7 Å². The summed E-state index contributed by atoms with van der Waals surface area (Å²) < 4.78 is 27.6. The zero-order valence-electron chi connectivity index (χ0n) is 12.2. The second-order valence-electron chi connectivity index (χ2n) is 4.44. The maximum atomic E-state index is 5.73. The number of ether oxygens (including phenoxy) is 5. The molecule has 0 fully saturated rings. The van der Waals surface area contributed by atoms with Gasteiger partial charge in [-0.25, -0.2) is 0 Å². The lowest BCUT2D eigenvalue weighted by Crippen LogP contribution is -2.13. The molecule has 0 radical (unpaired) electrons. The summed E-state index contributed by atoms with van der Waals surface area (Å²) in [4.78, 5) is 0. The number of benzene rings is 1. The van der Waals surface area contributed by atoms with E-state index in [9.17, 15) is 0 Å². The van der Waals surface area contributed by atoms with Crippen molar-refractivity contribution in [1.82, 2.24) is 0 Å². The maximum absolute atomic E-state index is 5.73. The first-order chi connectivity index (χ1) is 10.4. The molecule has 0 unspecified atom stereocenters. The Balaban J connectivity index is 1.98. The third kappa shape index (κ3) is 5.75. The fourth-order valence-electron chi connectivity index (χ4n) is 1.85. The third-order valence-corrected chi connectivity index (χ3v) is 2.92. The molecule has 1 heterocycles. The van der Waals surface area contributed by atoms with Crippen LogP contribution in [0.2, 0.25) is 0 Å². The van der Waals surface area contributed by atoms with Crippen LogP contribution in [0.5, 0.6) is 11.5 Å². The van der Waals surface area contributed by atoms with Crippen LogP contribution in [0.1, 0.15) is 5.56 Å². The average Bonchev–Trinajstić information content (AvgIpc) is 2.52. The van der Waals surface area contributed by atoms with E-state index >= 15 is 0 Å². The highest BCUT2D eigenvalue weighted by molar-refractivity contribution is 5.54. The Morgan fingerprint density at radius 1 is 0.714 bits per heavy atom. The normalized spacial score (nSPS) is 18.3. The smallest absolute Gasteiger partial charge is 0.161 e. The van der Waals surface area contributed by atoms with Gasteiger partial charge in [0.2, 0.25) is 0 Å². The molecule has 1 aliphatic rings. The van der Waals surface area contributed by atoms with Crippen molar-refractivity contribution in [3.63, 3.8) is 0 Å². The zero-order chi connectivity index (χ0) is 14.8. The highest BCUT2D eigenvalue weighted by Crippen LogP contribution is 2.28. The largest absolute Gasteiger partial charge is 0.487 e. The van der Waals surface area contributed by atoms with Crippen molar-refractivity contribution in [3.8, 4) is 11.5 Å². The molecule has 1 aromatic carbocycles. The Bertz CT molecular complexity index is 433. The lowest BCUT2D eigenvalue weighted by atomic mass is 10.2. The van der Waals surface area contributed by atoms with E-state index in [1.54, 1.807) is 6.08 Å². The van der Waals surface area contributed by atoms with Gasteiger partial charge >= 0.3 is 0 Å². The summed E-state index contributed by atoms with van der Waals surface area (Å²) in [5.74, 6) is 1.40. The van der Waals surface area contributed by atoms with E-state index in [2.05, 4.69) is 6.58 Å². The van der Waals surface area contributed by atoms with Crippen LogP contribution >= 0.6 is 0 Å². The molecule has 1 aromatic rings. The van der Waals surface area contributed by atoms with Crippen LogP contribution in [-0.2, 0) is 14.2 Å². The molecule has 5 heteroatoms. The van der Waals surface area contributed by atoms with E-state index < -0.39 is 0 Å². The molecule has 5 nitrogen and oxygen atoms in total. The molecule has 0 amide bonds. The van der Waals surface area contributed by atoms with Crippen molar-refractivity contribution in [2.24, 2.45) is 0 Å². The van der Waals surface area contributed by atoms with E-state index in [1.165, 1.54) is 0 Å². The molecule has 0 saturated heterocycles. The van der Waals surface area contributed by atoms with E-state index in [4.69, 9.17) is 23.7 Å². The van der Waals surface area contributed by atoms with Gasteiger partial charge in [-0.15, -0.1) is 0 Å². The Kier molecular flexibility index (Phi) is 7.07. The summed E-state index contributed by atoms with van der Waals surface area (Å²) in [5, 5.41) is 0. The zero-order valence-corrected chi connectivity index (χ0v) is 12.2. The molecule has 0 saturated carbocycles. The van der Waals surface area contributed by atoms with Gasteiger partial charge in [0.15, 0.2) is 11.5 Å². The Morgan fingerprint density at radius 3 is 1.81 bits per heavy atom. The van der Waals surface area contributed by atoms with Gasteiger partial charge in [0, 0.05) is 0 Å². The van der Waals surface area contributed by atoms with Crippen molar-refractivity contribution in [2.75, 3.05) is 52.9 Å². The maximum Gasteiger partial charge on any atom is 0.161 e. The molecule has 1 aliphatic heterocycles. The van der Waals surface area contributed by atoms with Crippen LogP contribution in [0.25, 0.3) is 6.08 Å². The first-order valence-electron chi connectivity index (χ1n) is 7.15. The molecule has 0 bridgehead atoms. The minimum atomic E-state index is 0.466. The summed E-state index contributed by atoms with van der Waals surface area (Å²) in [6, 6.07) is 5.73. The summed E-state index contributed by atoms with van der Waals surface area (Å²) in [7, 11) is 0. The molecule has 0 spiro atoms. The molecule has 2 rings (SSSR count). The van der Waals surface area contributed by atoms with Gasteiger partial charge in [-0.2, -0.15) is 0 Å². The molecule has 0 aromatic heterocycles. The second-order valence-corrected chi connectivity index (χ2v) is 4.44. The van der Waals surface area contributed by atoms with Crippen LogP contribution in [-0.4, -0.2) is 52.9 Å². The van der Waals surface area contributed by atoms with Crippen LogP contribution in [0.3, 0.4) is 0 Å². The summed E-state index contributed by atoms with van der Waals surface area (Å²) in [6.45, 7) is 7.97. The lowest BCUT2D eigenvalue weighted by Gasteiger charge is -2.13. The van der Waals surface area contributed by atoms with Crippen molar-refractivity contribution in [1.29, 1.82) is 0 Å². The number of hydrogen-bond acceptors (Lipinski definition) is 5. The van der Waals surface area contributed by atoms with E-state index in [1.807, 2.05) is 18.2 Å². The predicted molar refractivity (Wildman–Crippen MR) is 80.0 cm³/mol. The second kappa shape index (κ2) is 9.39. The van der Waals surface area contributed by atoms with Gasteiger partial charge in [-0.1, -0.05) is 18.7 Å². The summed E-state index contributed by atoms with van der Waals surface area (Å²) in [5.41, 5.74) is 0.987. The summed E-state index contributed by atoms with van der Waals surface area (Å²) >= 11 is 0. The van der Waals surface area contributed by atoms with Crippen LogP contribution in [0.4, 0.5) is 0 Å². The van der Waals surface area contributed by atoms with Crippen LogP contribution < -0.4 is 9.47 Å². The minimum Gasteiger partial charge on any atom is -0.487 e. The van der Waals surface area contributed by atoms with Gasteiger partial charge in [0.1, 0.15) is 13.2 Å². The molecule has 0 N–H and O–H groups in total. The number of fused-ring (bicyclic) bond motifs is 1. The molecular weight excluding hydrogens is 272 g/mol. The predicted octanol–water partition coefficient (Wildman–Crippen LogP) is 2.15. The third-order valence-electron chi connectivity index (χ3n) is 2.92. The van der Waals surface area contributed by atoms with Gasteiger partial charge < -0.3 is 23.7 Å². The first-order valence-corrected chi connectivity index (χ1v) is 7.15. The van der Waals surface area contributed by atoms with Crippen molar-refractivity contribution >= 4 is 6.08 Å². The topological polar surface area (TPSA) is 46.2 Å². The van der Waals surface area contributed by atoms with E-state index in [-0.39, 0.29) is 0 Å². The van der Waals surface area contributed by atoms with Gasteiger partial charge in [-0.3, -0.25) is 0 Å². The summed E-state index contributed by atoms with van der Waals surface area (Å²) in [6.07, 6.45) is 1.77. The van der Waals surface area contributed by atoms with Gasteiger partial charge in [0.25, 0.3) is 0 Å². The quantitative estimate of drug-likeness (QED) is 0.794. The minimum absolute atomic E-state index is 0.466. The van der Waals surface area contributed by atoms with E-state index in [0.717, 1.165) is 5.56 Å². The number of rotatable bonds is 1. The lowest BCUT2D eigenvalue weighted by molar-refractivity contribution is 0.00708. The van der Waals surface area contributed by atoms with E-state index in [0.29, 0.717) is 64.4 Å². The van der Waals surface area contributed by atoms with Gasteiger partial charge in [-0.05, 0) is 17.7 Å². The fourth-order valence-corrected chi connectivity index (χ4v) is 1.85. The molecule has 116 valence electrons.